The Hall–Kier alpha value is -2.13. The van der Waals surface area contributed by atoms with Crippen molar-refractivity contribution < 1.29 is 13.2 Å². The molecule has 0 radical (unpaired) electrons. The molecule has 0 fully saturated rings. The summed E-state index contributed by atoms with van der Waals surface area (Å²) in [6.07, 6.45) is 0. The van der Waals surface area contributed by atoms with Crippen molar-refractivity contribution in [1.29, 1.82) is 0 Å². The number of benzene rings is 1. The van der Waals surface area contributed by atoms with Crippen molar-refractivity contribution in [2.24, 2.45) is 5.14 Å². The topological polar surface area (TPSA) is 94.2 Å². The van der Waals surface area contributed by atoms with Crippen molar-refractivity contribution >= 4 is 38.9 Å². The van der Waals surface area contributed by atoms with E-state index in [9.17, 15) is 13.2 Å². The minimum absolute atomic E-state index is 0.0765. The predicted molar refractivity (Wildman–Crippen MR) is 107 cm³/mol. The monoisotopic (exact) mass is 423 g/mol. The Kier molecular flexibility index (Phi) is 5.43. The fourth-order valence-electron chi connectivity index (χ4n) is 2.85. The summed E-state index contributed by atoms with van der Waals surface area (Å²) in [5, 5.41) is 8.58. The molecule has 3 N–H and O–H groups in total. The zero-order valence-corrected chi connectivity index (χ0v) is 17.1. The smallest absolute Gasteiger partial charge is 0.253 e. The summed E-state index contributed by atoms with van der Waals surface area (Å²) < 4.78 is 24.7. The van der Waals surface area contributed by atoms with Crippen LogP contribution in [0.2, 0.25) is 5.02 Å². The number of carbonyl (C=O) groups excluding carboxylic acids is 1. The number of hydrogen-bond acceptors (Lipinski definition) is 4. The number of primary sulfonamides is 1. The van der Waals surface area contributed by atoms with Crippen LogP contribution in [-0.2, 0) is 16.6 Å². The van der Waals surface area contributed by atoms with E-state index < -0.39 is 10.0 Å². The number of aryl methyl sites for hydroxylation is 1. The number of sulfonamides is 1. The Morgan fingerprint density at radius 1 is 1.19 bits per heavy atom. The van der Waals surface area contributed by atoms with Gasteiger partial charge in [-0.3, -0.25) is 4.79 Å². The highest BCUT2D eigenvalue weighted by molar-refractivity contribution is 7.91. The van der Waals surface area contributed by atoms with Crippen molar-refractivity contribution in [1.82, 2.24) is 9.88 Å². The Labute approximate surface area is 166 Å². The van der Waals surface area contributed by atoms with E-state index in [-0.39, 0.29) is 16.7 Å². The largest absolute Gasteiger partial charge is 0.347 e. The SMILES string of the molecule is Cc1cc(C(=O)NCc2ccc(S(N)(=O)=O)s2)c(C)n1-c1ccc(Cl)cc1. The number of nitrogens with zero attached hydrogens (tertiary/aromatic N) is 1. The van der Waals surface area contributed by atoms with Crippen LogP contribution in [0.15, 0.2) is 46.7 Å². The van der Waals surface area contributed by atoms with E-state index in [1.54, 1.807) is 18.2 Å². The molecule has 0 saturated heterocycles. The van der Waals surface area contributed by atoms with Crippen LogP contribution in [-0.4, -0.2) is 18.9 Å². The average molecular weight is 424 g/mol. The first-order chi connectivity index (χ1) is 12.7. The molecule has 2 aromatic heterocycles. The number of rotatable bonds is 5. The molecule has 0 bridgehead atoms. The van der Waals surface area contributed by atoms with Crippen LogP contribution in [0.25, 0.3) is 5.69 Å². The second kappa shape index (κ2) is 7.47. The summed E-state index contributed by atoms with van der Waals surface area (Å²) in [7, 11) is -3.72. The second-order valence-corrected chi connectivity index (χ2v) is 9.44. The lowest BCUT2D eigenvalue weighted by molar-refractivity contribution is 0.0950. The van der Waals surface area contributed by atoms with Crippen molar-refractivity contribution in [3.63, 3.8) is 0 Å². The van der Waals surface area contributed by atoms with E-state index in [0.29, 0.717) is 15.5 Å². The first-order valence-electron chi connectivity index (χ1n) is 8.01. The maximum atomic E-state index is 12.6. The standard InChI is InChI=1S/C18H18ClN3O3S2/c1-11-9-16(12(2)22(11)14-5-3-13(19)4-6-14)18(23)21-10-15-7-8-17(26-15)27(20,24)25/h3-9H,10H2,1-2H3,(H,21,23)(H2,20,24,25). The summed E-state index contributed by atoms with van der Waals surface area (Å²) in [6.45, 7) is 4.03. The molecule has 0 atom stereocenters. The number of hydrogen-bond donors (Lipinski definition) is 2. The molecular formula is C18H18ClN3O3S2. The van der Waals surface area contributed by atoms with Gasteiger partial charge in [0.15, 0.2) is 0 Å². The highest BCUT2D eigenvalue weighted by Crippen LogP contribution is 2.23. The first kappa shape index (κ1) is 19.6. The lowest BCUT2D eigenvalue weighted by Gasteiger charge is -2.10. The maximum Gasteiger partial charge on any atom is 0.253 e. The van der Waals surface area contributed by atoms with Crippen LogP contribution in [0.4, 0.5) is 0 Å². The Morgan fingerprint density at radius 3 is 2.44 bits per heavy atom. The van der Waals surface area contributed by atoms with Crippen LogP contribution < -0.4 is 10.5 Å². The number of aromatic nitrogens is 1. The molecule has 27 heavy (non-hydrogen) atoms. The molecular weight excluding hydrogens is 406 g/mol. The number of nitrogens with two attached hydrogens (primary N) is 1. The molecule has 0 unspecified atom stereocenters. The van der Waals surface area contributed by atoms with E-state index in [2.05, 4.69) is 5.32 Å². The number of nitrogens with one attached hydrogen (secondary N) is 1. The summed E-state index contributed by atoms with van der Waals surface area (Å²) in [5.74, 6) is -0.228. The third-order valence-electron chi connectivity index (χ3n) is 4.10. The van der Waals surface area contributed by atoms with E-state index in [0.717, 1.165) is 28.4 Å². The molecule has 6 nitrogen and oxygen atoms in total. The van der Waals surface area contributed by atoms with Crippen molar-refractivity contribution in [3.8, 4) is 5.69 Å². The quantitative estimate of drug-likeness (QED) is 0.658. The summed E-state index contributed by atoms with van der Waals surface area (Å²) in [4.78, 5) is 13.3. The summed E-state index contributed by atoms with van der Waals surface area (Å²) >= 11 is 6.99. The molecule has 0 spiro atoms. The van der Waals surface area contributed by atoms with Gasteiger partial charge in [0.25, 0.3) is 5.91 Å². The molecule has 9 heteroatoms. The van der Waals surface area contributed by atoms with E-state index in [4.69, 9.17) is 16.7 Å². The molecule has 0 saturated carbocycles. The minimum atomic E-state index is -3.72. The molecule has 3 aromatic rings. The molecule has 0 aliphatic carbocycles. The molecule has 0 aliphatic heterocycles. The van der Waals surface area contributed by atoms with Crippen LogP contribution in [0.5, 0.6) is 0 Å². The minimum Gasteiger partial charge on any atom is -0.347 e. The van der Waals surface area contributed by atoms with Gasteiger partial charge in [-0.1, -0.05) is 11.6 Å². The zero-order chi connectivity index (χ0) is 19.8. The van der Waals surface area contributed by atoms with Gasteiger partial charge in [0.2, 0.25) is 10.0 Å². The Balaban J connectivity index is 1.78. The molecule has 2 heterocycles. The van der Waals surface area contributed by atoms with Crippen molar-refractivity contribution in [3.05, 3.63) is 69.3 Å². The fourth-order valence-corrected chi connectivity index (χ4v) is 4.69. The number of amides is 1. The van der Waals surface area contributed by atoms with E-state index in [1.165, 1.54) is 6.07 Å². The molecule has 1 amide bonds. The van der Waals surface area contributed by atoms with E-state index in [1.807, 2.05) is 36.6 Å². The van der Waals surface area contributed by atoms with Gasteiger partial charge < -0.3 is 9.88 Å². The van der Waals surface area contributed by atoms with Gasteiger partial charge in [0.1, 0.15) is 4.21 Å². The van der Waals surface area contributed by atoms with Gasteiger partial charge in [0.05, 0.1) is 12.1 Å². The normalized spacial score (nSPS) is 11.6. The Bertz CT molecular complexity index is 1100. The summed E-state index contributed by atoms with van der Waals surface area (Å²) in [5.41, 5.74) is 3.21. The number of carbonyl (C=O) groups is 1. The number of thiophene rings is 1. The van der Waals surface area contributed by atoms with Crippen molar-refractivity contribution in [2.45, 2.75) is 24.6 Å². The zero-order valence-electron chi connectivity index (χ0n) is 14.7. The highest BCUT2D eigenvalue weighted by Gasteiger charge is 2.17. The molecule has 1 aromatic carbocycles. The van der Waals surface area contributed by atoms with Gasteiger partial charge in [0, 0.05) is 27.0 Å². The fraction of sp³-hybridized carbons (Fsp3) is 0.167. The third kappa shape index (κ3) is 4.24. The molecule has 3 rings (SSSR count). The van der Waals surface area contributed by atoms with Crippen LogP contribution in [0, 0.1) is 13.8 Å². The number of halogens is 1. The maximum absolute atomic E-state index is 12.6. The third-order valence-corrected chi connectivity index (χ3v) is 6.88. The van der Waals surface area contributed by atoms with Gasteiger partial charge >= 0.3 is 0 Å². The van der Waals surface area contributed by atoms with E-state index >= 15 is 0 Å². The van der Waals surface area contributed by atoms with Crippen LogP contribution >= 0.6 is 22.9 Å². The Morgan fingerprint density at radius 2 is 1.85 bits per heavy atom. The van der Waals surface area contributed by atoms with Crippen molar-refractivity contribution in [2.75, 3.05) is 0 Å². The van der Waals surface area contributed by atoms with Gasteiger partial charge in [-0.15, -0.1) is 11.3 Å². The second-order valence-electron chi connectivity index (χ2n) is 6.05. The lowest BCUT2D eigenvalue weighted by atomic mass is 10.2. The van der Waals surface area contributed by atoms with Gasteiger partial charge in [-0.05, 0) is 56.3 Å². The molecule has 0 aliphatic rings. The van der Waals surface area contributed by atoms with Crippen LogP contribution in [0.1, 0.15) is 26.6 Å². The van der Waals surface area contributed by atoms with Crippen LogP contribution in [0.3, 0.4) is 0 Å². The lowest BCUT2D eigenvalue weighted by Crippen LogP contribution is -2.22. The predicted octanol–water partition coefficient (Wildman–Crippen LogP) is 3.39. The highest BCUT2D eigenvalue weighted by atomic mass is 35.5. The first-order valence-corrected chi connectivity index (χ1v) is 10.8. The van der Waals surface area contributed by atoms with Gasteiger partial charge in [-0.2, -0.15) is 0 Å². The summed E-state index contributed by atoms with van der Waals surface area (Å²) in [6, 6.07) is 12.3. The van der Waals surface area contributed by atoms with Gasteiger partial charge in [-0.25, -0.2) is 13.6 Å². The molecule has 142 valence electrons. The average Bonchev–Trinajstić information content (AvgIpc) is 3.19.